The van der Waals surface area contributed by atoms with Gasteiger partial charge in [0.05, 0.1) is 10.2 Å². The van der Waals surface area contributed by atoms with Crippen LogP contribution in [-0.2, 0) is 0 Å². The third-order valence-corrected chi connectivity index (χ3v) is 3.11. The Hall–Kier alpha value is -0.680. The number of hydrogen-bond acceptors (Lipinski definition) is 4. The predicted octanol–water partition coefficient (Wildman–Crippen LogP) is 1.18. The summed E-state index contributed by atoms with van der Waals surface area (Å²) in [5.41, 5.74) is 0.967. The molecule has 0 unspecified atom stereocenters. The van der Waals surface area contributed by atoms with Crippen LogP contribution in [-0.4, -0.2) is 29.6 Å². The molecule has 0 atom stereocenters. The van der Waals surface area contributed by atoms with Crippen LogP contribution in [0.5, 0.6) is 0 Å². The first kappa shape index (κ1) is 9.86. The molecule has 1 aliphatic heterocycles. The summed E-state index contributed by atoms with van der Waals surface area (Å²) in [6, 6.07) is 0. The van der Waals surface area contributed by atoms with Crippen LogP contribution in [0, 0.1) is 12.8 Å². The second-order valence-electron chi connectivity index (χ2n) is 3.53. The maximum absolute atomic E-state index is 4.31. The predicted molar refractivity (Wildman–Crippen MR) is 59.3 cm³/mol. The van der Waals surface area contributed by atoms with Gasteiger partial charge in [0, 0.05) is 31.7 Å². The number of hydrogen-bond donors (Lipinski definition) is 2. The molecule has 1 aliphatic rings. The third kappa shape index (κ3) is 2.22. The maximum Gasteiger partial charge on any atom is 0.222 e. The van der Waals surface area contributed by atoms with E-state index < -0.39 is 0 Å². The molecule has 4 nitrogen and oxygen atoms in total. The molecule has 14 heavy (non-hydrogen) atoms. The van der Waals surface area contributed by atoms with Crippen molar-refractivity contribution < 1.29 is 0 Å². The molecule has 1 aromatic rings. The van der Waals surface area contributed by atoms with E-state index in [1.165, 1.54) is 0 Å². The zero-order chi connectivity index (χ0) is 9.97. The van der Waals surface area contributed by atoms with Crippen LogP contribution in [0.25, 0.3) is 0 Å². The van der Waals surface area contributed by atoms with Gasteiger partial charge in [-0.05, 0) is 22.9 Å². The Kier molecular flexibility index (Phi) is 2.98. The smallest absolute Gasteiger partial charge is 0.222 e. The van der Waals surface area contributed by atoms with Crippen LogP contribution >= 0.6 is 15.9 Å². The van der Waals surface area contributed by atoms with E-state index in [9.17, 15) is 0 Å². The van der Waals surface area contributed by atoms with Gasteiger partial charge in [0.25, 0.3) is 0 Å². The average Bonchev–Trinajstić information content (AvgIpc) is 2.08. The molecular formula is C9H13BrN4. The third-order valence-electron chi connectivity index (χ3n) is 2.33. The molecule has 0 radical (unpaired) electrons. The highest BCUT2D eigenvalue weighted by molar-refractivity contribution is 9.10. The minimum Gasteiger partial charge on any atom is -0.354 e. The molecule has 0 aliphatic carbocycles. The molecule has 2 heterocycles. The highest BCUT2D eigenvalue weighted by atomic mass is 79.9. The van der Waals surface area contributed by atoms with E-state index >= 15 is 0 Å². The second kappa shape index (κ2) is 4.23. The van der Waals surface area contributed by atoms with Crippen molar-refractivity contribution in [2.24, 2.45) is 5.92 Å². The van der Waals surface area contributed by atoms with Crippen molar-refractivity contribution in [2.75, 3.05) is 25.0 Å². The zero-order valence-corrected chi connectivity index (χ0v) is 9.63. The highest BCUT2D eigenvalue weighted by Gasteiger charge is 2.16. The van der Waals surface area contributed by atoms with Crippen LogP contribution < -0.4 is 10.6 Å². The molecule has 2 N–H and O–H groups in total. The fraction of sp³-hybridized carbons (Fsp3) is 0.556. The van der Waals surface area contributed by atoms with Crippen LogP contribution in [0.4, 0.5) is 5.95 Å². The Labute approximate surface area is 91.7 Å². The summed E-state index contributed by atoms with van der Waals surface area (Å²) in [4.78, 5) is 8.49. The van der Waals surface area contributed by atoms with Gasteiger partial charge < -0.3 is 10.6 Å². The van der Waals surface area contributed by atoms with E-state index in [2.05, 4.69) is 36.5 Å². The van der Waals surface area contributed by atoms with E-state index in [1.54, 1.807) is 6.20 Å². The Morgan fingerprint density at radius 3 is 3.00 bits per heavy atom. The maximum atomic E-state index is 4.31. The van der Waals surface area contributed by atoms with Gasteiger partial charge in [-0.25, -0.2) is 9.97 Å². The Morgan fingerprint density at radius 1 is 1.64 bits per heavy atom. The second-order valence-corrected chi connectivity index (χ2v) is 4.39. The van der Waals surface area contributed by atoms with Crippen molar-refractivity contribution >= 4 is 21.9 Å². The summed E-state index contributed by atoms with van der Waals surface area (Å²) in [6.07, 6.45) is 1.78. The van der Waals surface area contributed by atoms with Gasteiger partial charge in [-0.3, -0.25) is 0 Å². The van der Waals surface area contributed by atoms with Gasteiger partial charge in [0.1, 0.15) is 0 Å². The lowest BCUT2D eigenvalue weighted by Crippen LogP contribution is -2.45. The van der Waals surface area contributed by atoms with Crippen molar-refractivity contribution in [1.29, 1.82) is 0 Å². The summed E-state index contributed by atoms with van der Waals surface area (Å²) in [6.45, 7) is 5.11. The largest absolute Gasteiger partial charge is 0.354 e. The first-order valence-corrected chi connectivity index (χ1v) is 5.49. The lowest BCUT2D eigenvalue weighted by atomic mass is 10.0. The molecule has 0 amide bonds. The van der Waals surface area contributed by atoms with E-state index in [0.717, 1.165) is 41.7 Å². The minimum atomic E-state index is 0.720. The zero-order valence-electron chi connectivity index (χ0n) is 8.05. The monoisotopic (exact) mass is 256 g/mol. The van der Waals surface area contributed by atoms with Crippen LogP contribution in [0.15, 0.2) is 10.7 Å². The van der Waals surface area contributed by atoms with Crippen molar-refractivity contribution in [3.63, 3.8) is 0 Å². The first-order chi connectivity index (χ1) is 6.75. The molecule has 1 saturated heterocycles. The van der Waals surface area contributed by atoms with Gasteiger partial charge >= 0.3 is 0 Å². The van der Waals surface area contributed by atoms with E-state index in [1.807, 2.05) is 6.92 Å². The Morgan fingerprint density at radius 2 is 2.43 bits per heavy atom. The molecule has 0 spiro atoms. The number of rotatable bonds is 3. The first-order valence-electron chi connectivity index (χ1n) is 4.69. The van der Waals surface area contributed by atoms with Crippen LogP contribution in [0.3, 0.4) is 0 Å². The summed E-state index contributed by atoms with van der Waals surface area (Å²) in [7, 11) is 0. The average molecular weight is 257 g/mol. The van der Waals surface area contributed by atoms with E-state index in [-0.39, 0.29) is 0 Å². The van der Waals surface area contributed by atoms with Gasteiger partial charge in [0.15, 0.2) is 0 Å². The van der Waals surface area contributed by atoms with Gasteiger partial charge in [0.2, 0.25) is 5.95 Å². The summed E-state index contributed by atoms with van der Waals surface area (Å²) < 4.78 is 0.952. The van der Waals surface area contributed by atoms with E-state index in [0.29, 0.717) is 0 Å². The molecule has 0 aromatic carbocycles. The van der Waals surface area contributed by atoms with Gasteiger partial charge in [-0.15, -0.1) is 0 Å². The highest BCUT2D eigenvalue weighted by Crippen LogP contribution is 2.13. The number of nitrogens with zero attached hydrogens (tertiary/aromatic N) is 2. The number of halogens is 1. The Bertz CT molecular complexity index is 325. The molecular weight excluding hydrogens is 244 g/mol. The minimum absolute atomic E-state index is 0.720. The standard InChI is InChI=1S/C9H13BrN4/c1-6-8(10)5-13-9(14-6)12-4-7-2-11-3-7/h5,7,11H,2-4H2,1H3,(H,12,13,14). The molecule has 1 aromatic heterocycles. The summed E-state index contributed by atoms with van der Waals surface area (Å²) in [5, 5.41) is 6.46. The molecule has 0 bridgehead atoms. The summed E-state index contributed by atoms with van der Waals surface area (Å²) in [5.74, 6) is 1.44. The molecule has 76 valence electrons. The molecule has 5 heteroatoms. The quantitative estimate of drug-likeness (QED) is 0.853. The lowest BCUT2D eigenvalue weighted by Gasteiger charge is -2.27. The lowest BCUT2D eigenvalue weighted by molar-refractivity contribution is 0.365. The van der Waals surface area contributed by atoms with Crippen LogP contribution in [0.1, 0.15) is 5.69 Å². The van der Waals surface area contributed by atoms with Crippen LogP contribution in [0.2, 0.25) is 0 Å². The van der Waals surface area contributed by atoms with Crippen molar-refractivity contribution in [3.05, 3.63) is 16.4 Å². The van der Waals surface area contributed by atoms with Gasteiger partial charge in [-0.2, -0.15) is 0 Å². The number of aromatic nitrogens is 2. The number of anilines is 1. The van der Waals surface area contributed by atoms with E-state index in [4.69, 9.17) is 0 Å². The molecule has 0 saturated carbocycles. The fourth-order valence-corrected chi connectivity index (χ4v) is 1.46. The van der Waals surface area contributed by atoms with Gasteiger partial charge in [-0.1, -0.05) is 0 Å². The fourth-order valence-electron chi connectivity index (χ4n) is 1.27. The molecule has 1 fully saturated rings. The Balaban J connectivity index is 1.91. The topological polar surface area (TPSA) is 49.8 Å². The normalized spacial score (nSPS) is 16.4. The van der Waals surface area contributed by atoms with Crippen molar-refractivity contribution in [1.82, 2.24) is 15.3 Å². The number of aryl methyl sites for hydroxylation is 1. The van der Waals surface area contributed by atoms with Crippen molar-refractivity contribution in [2.45, 2.75) is 6.92 Å². The number of nitrogens with one attached hydrogen (secondary N) is 2. The van der Waals surface area contributed by atoms with Crippen molar-refractivity contribution in [3.8, 4) is 0 Å². The summed E-state index contributed by atoms with van der Waals surface area (Å²) >= 11 is 3.37. The SMILES string of the molecule is Cc1nc(NCC2CNC2)ncc1Br. The molecule has 2 rings (SSSR count).